The number of furan rings is 1. The van der Waals surface area contributed by atoms with Crippen molar-refractivity contribution in [2.75, 3.05) is 5.32 Å². The first-order valence-corrected chi connectivity index (χ1v) is 11.4. The van der Waals surface area contributed by atoms with E-state index in [9.17, 15) is 9.90 Å². The predicted octanol–water partition coefficient (Wildman–Crippen LogP) is 4.63. The molecule has 3 aliphatic carbocycles. The molecule has 10 heteroatoms. The van der Waals surface area contributed by atoms with E-state index in [0.29, 0.717) is 45.5 Å². The van der Waals surface area contributed by atoms with Crippen molar-refractivity contribution in [1.82, 2.24) is 25.1 Å². The number of aliphatic carboxylic acids is 1. The van der Waals surface area contributed by atoms with Gasteiger partial charge in [0.05, 0.1) is 17.6 Å². The van der Waals surface area contributed by atoms with Crippen molar-refractivity contribution < 1.29 is 14.3 Å². The van der Waals surface area contributed by atoms with Gasteiger partial charge in [-0.3, -0.25) is 9.89 Å². The fourth-order valence-electron chi connectivity index (χ4n) is 5.41. The Balaban J connectivity index is 1.44. The van der Waals surface area contributed by atoms with Crippen molar-refractivity contribution in [2.45, 2.75) is 31.7 Å². The summed E-state index contributed by atoms with van der Waals surface area (Å²) in [4.78, 5) is 25.8. The van der Waals surface area contributed by atoms with E-state index in [2.05, 4.69) is 25.5 Å². The molecule has 9 nitrogen and oxygen atoms in total. The maximum Gasteiger partial charge on any atom is 0.308 e. The highest BCUT2D eigenvalue weighted by Gasteiger charge is 2.47. The van der Waals surface area contributed by atoms with Gasteiger partial charge >= 0.3 is 5.97 Å². The third kappa shape index (κ3) is 3.52. The maximum absolute atomic E-state index is 12.1. The Morgan fingerprint density at radius 2 is 1.94 bits per heavy atom. The lowest BCUT2D eigenvalue weighted by atomic mass is 9.61. The number of nitrogens with one attached hydrogen (secondary N) is 2. The molecule has 0 aliphatic heterocycles. The van der Waals surface area contributed by atoms with Gasteiger partial charge in [0.15, 0.2) is 17.2 Å². The molecule has 0 saturated heterocycles. The summed E-state index contributed by atoms with van der Waals surface area (Å²) in [5, 5.41) is 21.7. The first kappa shape index (κ1) is 20.2. The molecule has 3 aliphatic rings. The van der Waals surface area contributed by atoms with E-state index in [-0.39, 0.29) is 12.0 Å². The van der Waals surface area contributed by atoms with Gasteiger partial charge in [-0.15, -0.1) is 0 Å². The molecule has 4 aromatic rings. The highest BCUT2D eigenvalue weighted by Crippen LogP contribution is 2.46. The molecule has 7 rings (SSSR count). The minimum atomic E-state index is -0.747. The van der Waals surface area contributed by atoms with Gasteiger partial charge in [-0.2, -0.15) is 5.10 Å². The lowest BCUT2D eigenvalue weighted by molar-refractivity contribution is -0.148. The van der Waals surface area contributed by atoms with Gasteiger partial charge in [-0.05, 0) is 61.8 Å². The van der Waals surface area contributed by atoms with Crippen LogP contribution >= 0.6 is 11.6 Å². The van der Waals surface area contributed by atoms with E-state index in [1.165, 1.54) is 0 Å². The number of aromatic nitrogens is 5. The van der Waals surface area contributed by atoms with Crippen LogP contribution in [0.3, 0.4) is 0 Å². The number of nitrogens with zero attached hydrogens (tertiary/aromatic N) is 4. The minimum absolute atomic E-state index is 0.182. The zero-order valence-electron chi connectivity index (χ0n) is 17.5. The first-order valence-electron chi connectivity index (χ1n) is 11.0. The van der Waals surface area contributed by atoms with Gasteiger partial charge in [0.25, 0.3) is 0 Å². The number of H-pyrrole nitrogens is 1. The highest BCUT2D eigenvalue weighted by molar-refractivity contribution is 6.29. The van der Waals surface area contributed by atoms with Crippen LogP contribution in [0.4, 0.5) is 5.82 Å². The van der Waals surface area contributed by atoms with Crippen LogP contribution in [0.1, 0.15) is 25.7 Å². The van der Waals surface area contributed by atoms with Crippen LogP contribution in [0, 0.1) is 17.8 Å². The molecule has 0 radical (unpaired) electrons. The van der Waals surface area contributed by atoms with Gasteiger partial charge in [0.2, 0.25) is 0 Å². The second-order valence-electron chi connectivity index (χ2n) is 8.75. The molecule has 168 valence electrons. The van der Waals surface area contributed by atoms with Gasteiger partial charge in [0.1, 0.15) is 22.4 Å². The van der Waals surface area contributed by atoms with Crippen molar-refractivity contribution in [3.05, 3.63) is 41.7 Å². The number of carboxylic acids is 1. The number of hydrogen-bond donors (Lipinski definition) is 3. The fraction of sp³-hybridized carbons (Fsp3) is 0.348. The third-order valence-electron chi connectivity index (χ3n) is 6.92. The Bertz CT molecular complexity index is 1330. The molecule has 33 heavy (non-hydrogen) atoms. The lowest BCUT2D eigenvalue weighted by Crippen LogP contribution is -2.51. The van der Waals surface area contributed by atoms with Crippen LogP contribution in [-0.4, -0.2) is 42.3 Å². The number of carboxylic acid groups (broad SMARTS) is 1. The maximum atomic E-state index is 12.1. The average molecular weight is 465 g/mol. The molecule has 3 fully saturated rings. The third-order valence-corrected chi connectivity index (χ3v) is 7.13. The van der Waals surface area contributed by atoms with E-state index < -0.39 is 11.9 Å². The average Bonchev–Trinajstić information content (AvgIpc) is 3.49. The summed E-state index contributed by atoms with van der Waals surface area (Å²) < 4.78 is 5.58. The molecule has 2 atom stereocenters. The van der Waals surface area contributed by atoms with E-state index >= 15 is 0 Å². The molecule has 3 saturated carbocycles. The van der Waals surface area contributed by atoms with Crippen LogP contribution in [-0.2, 0) is 4.79 Å². The zero-order valence-corrected chi connectivity index (χ0v) is 18.3. The predicted molar refractivity (Wildman–Crippen MR) is 122 cm³/mol. The minimum Gasteiger partial charge on any atom is -0.481 e. The number of aromatic amines is 1. The number of halogens is 1. The van der Waals surface area contributed by atoms with Crippen molar-refractivity contribution in [1.29, 1.82) is 0 Å². The number of rotatable bonds is 5. The number of carbonyl (C=O) groups is 1. The van der Waals surface area contributed by atoms with Crippen LogP contribution in [0.25, 0.3) is 34.0 Å². The van der Waals surface area contributed by atoms with Crippen LogP contribution in [0.15, 0.2) is 41.0 Å². The monoisotopic (exact) mass is 464 g/mol. The number of pyridine rings is 1. The summed E-state index contributed by atoms with van der Waals surface area (Å²) in [6, 6.07) is 8.74. The molecule has 0 aromatic carbocycles. The van der Waals surface area contributed by atoms with Gasteiger partial charge < -0.3 is 14.8 Å². The number of anilines is 1. The van der Waals surface area contributed by atoms with Crippen molar-refractivity contribution in [2.24, 2.45) is 17.8 Å². The normalized spacial score (nSPS) is 24.3. The molecule has 2 unspecified atom stereocenters. The summed E-state index contributed by atoms with van der Waals surface area (Å²) in [6.07, 6.45) is 5.60. The standard InChI is InChI=1S/C23H21ClN6O3/c24-16-8-7-13-20(29-30-21(13)26-16)22-25-14(15-2-1-9-33-15)10-17(28-22)27-19-12-5-3-11(4-6-12)18(19)23(31)32/h1-2,7-12,18-19H,3-6H2,(H,31,32)(H,25,27,28)(H,26,29,30). The van der Waals surface area contributed by atoms with Crippen LogP contribution in [0.5, 0.6) is 0 Å². The molecule has 3 N–H and O–H groups in total. The molecule has 2 bridgehead atoms. The SMILES string of the molecule is O=C(O)C1C2CCC(CC2)C1Nc1cc(-c2ccco2)nc(-c2n[nH]c3nc(Cl)ccc23)n1. The largest absolute Gasteiger partial charge is 0.481 e. The summed E-state index contributed by atoms with van der Waals surface area (Å²) >= 11 is 6.01. The molecule has 4 aromatic heterocycles. The molecular weight excluding hydrogens is 444 g/mol. The Morgan fingerprint density at radius 3 is 2.70 bits per heavy atom. The Kier molecular flexibility index (Phi) is 4.79. The van der Waals surface area contributed by atoms with Crippen LogP contribution < -0.4 is 5.32 Å². The van der Waals surface area contributed by atoms with Crippen molar-refractivity contribution in [3.63, 3.8) is 0 Å². The summed E-state index contributed by atoms with van der Waals surface area (Å²) in [5.41, 5.74) is 1.65. The quantitative estimate of drug-likeness (QED) is 0.364. The zero-order chi connectivity index (χ0) is 22.5. The topological polar surface area (TPSA) is 130 Å². The Labute approximate surface area is 193 Å². The van der Waals surface area contributed by atoms with Crippen molar-refractivity contribution >= 4 is 34.4 Å². The van der Waals surface area contributed by atoms with Crippen LogP contribution in [0.2, 0.25) is 5.15 Å². The number of fused-ring (bicyclic) bond motifs is 4. The number of hydrogen-bond acceptors (Lipinski definition) is 7. The van der Waals surface area contributed by atoms with E-state index in [4.69, 9.17) is 21.0 Å². The second kappa shape index (κ2) is 7.84. The second-order valence-corrected chi connectivity index (χ2v) is 9.14. The molecule has 0 amide bonds. The van der Waals surface area contributed by atoms with Gasteiger partial charge in [0, 0.05) is 12.1 Å². The lowest BCUT2D eigenvalue weighted by Gasteiger charge is -2.47. The first-order chi connectivity index (χ1) is 16.1. The van der Waals surface area contributed by atoms with E-state index in [1.54, 1.807) is 24.5 Å². The Hall–Kier alpha value is -3.46. The summed E-state index contributed by atoms with van der Waals surface area (Å²) in [6.45, 7) is 0. The van der Waals surface area contributed by atoms with E-state index in [0.717, 1.165) is 31.1 Å². The summed E-state index contributed by atoms with van der Waals surface area (Å²) in [7, 11) is 0. The molecule has 4 heterocycles. The van der Waals surface area contributed by atoms with Gasteiger partial charge in [-0.1, -0.05) is 11.6 Å². The Morgan fingerprint density at radius 1 is 1.12 bits per heavy atom. The molecule has 0 spiro atoms. The molecular formula is C23H21ClN6O3. The highest BCUT2D eigenvalue weighted by atomic mass is 35.5. The smallest absolute Gasteiger partial charge is 0.308 e. The van der Waals surface area contributed by atoms with E-state index in [1.807, 2.05) is 12.1 Å². The fourth-order valence-corrected chi connectivity index (χ4v) is 5.56. The van der Waals surface area contributed by atoms with Crippen molar-refractivity contribution in [3.8, 4) is 23.0 Å². The summed E-state index contributed by atoms with van der Waals surface area (Å²) in [5.74, 6) is 0.843. The van der Waals surface area contributed by atoms with Gasteiger partial charge in [-0.25, -0.2) is 15.0 Å².